The Morgan fingerprint density at radius 1 is 1.26 bits per heavy atom. The number of carbonyl (C=O) groups is 1. The smallest absolute Gasteiger partial charge is 0.165 e. The predicted octanol–water partition coefficient (Wildman–Crippen LogP) is 3.85. The number of rotatable bonds is 5. The van der Waals surface area contributed by atoms with Gasteiger partial charge in [-0.2, -0.15) is 0 Å². The molecular formula is C19H19FO3. The highest BCUT2D eigenvalue weighted by atomic mass is 19.1. The quantitative estimate of drug-likeness (QED) is 0.853. The van der Waals surface area contributed by atoms with Crippen LogP contribution in [0.1, 0.15) is 46.9 Å². The molecule has 0 saturated heterocycles. The highest BCUT2D eigenvalue weighted by molar-refractivity contribution is 5.96. The molecule has 3 nitrogen and oxygen atoms in total. The number of aryl methyl sites for hydroxylation is 1. The predicted molar refractivity (Wildman–Crippen MR) is 85.2 cm³/mol. The summed E-state index contributed by atoms with van der Waals surface area (Å²) in [6.45, 7) is 0.728. The first-order valence-corrected chi connectivity index (χ1v) is 7.86. The number of hydrogen-bond donors (Lipinski definition) is 1. The van der Waals surface area contributed by atoms with E-state index in [4.69, 9.17) is 4.74 Å². The fourth-order valence-electron chi connectivity index (χ4n) is 2.84. The van der Waals surface area contributed by atoms with E-state index in [2.05, 4.69) is 0 Å². The molecule has 0 bridgehead atoms. The van der Waals surface area contributed by atoms with Crippen molar-refractivity contribution in [2.45, 2.75) is 31.8 Å². The van der Waals surface area contributed by atoms with Crippen LogP contribution in [0.25, 0.3) is 0 Å². The van der Waals surface area contributed by atoms with Gasteiger partial charge in [0.15, 0.2) is 5.78 Å². The number of ketones is 1. The molecule has 0 aromatic heterocycles. The van der Waals surface area contributed by atoms with E-state index in [1.807, 2.05) is 18.2 Å². The van der Waals surface area contributed by atoms with E-state index in [0.29, 0.717) is 0 Å². The minimum absolute atomic E-state index is 0.0820. The molecule has 1 unspecified atom stereocenters. The first kappa shape index (κ1) is 15.7. The van der Waals surface area contributed by atoms with Gasteiger partial charge in [-0.1, -0.05) is 18.2 Å². The second-order valence-corrected chi connectivity index (χ2v) is 5.78. The number of fused-ring (bicyclic) bond motifs is 1. The summed E-state index contributed by atoms with van der Waals surface area (Å²) in [5.41, 5.74) is 1.95. The largest absolute Gasteiger partial charge is 0.493 e. The summed E-state index contributed by atoms with van der Waals surface area (Å²) in [5.74, 6) is 0.0657. The number of benzene rings is 2. The van der Waals surface area contributed by atoms with Crippen LogP contribution in [0.4, 0.5) is 4.39 Å². The molecule has 0 fully saturated rings. The lowest BCUT2D eigenvalue weighted by Gasteiger charge is -2.19. The number of aliphatic hydroxyl groups is 1. The molecule has 1 heterocycles. The first-order valence-electron chi connectivity index (χ1n) is 7.86. The van der Waals surface area contributed by atoms with Crippen LogP contribution < -0.4 is 4.74 Å². The van der Waals surface area contributed by atoms with Gasteiger partial charge in [0.05, 0.1) is 18.3 Å². The Hall–Kier alpha value is -2.20. The Morgan fingerprint density at radius 2 is 2.09 bits per heavy atom. The molecule has 3 rings (SSSR count). The van der Waals surface area contributed by atoms with Crippen molar-refractivity contribution in [3.63, 3.8) is 0 Å². The van der Waals surface area contributed by atoms with Gasteiger partial charge in [-0.05, 0) is 54.7 Å². The van der Waals surface area contributed by atoms with E-state index in [0.717, 1.165) is 36.3 Å². The van der Waals surface area contributed by atoms with Crippen molar-refractivity contribution in [1.29, 1.82) is 0 Å². The monoisotopic (exact) mass is 314 g/mol. The zero-order valence-electron chi connectivity index (χ0n) is 12.8. The Kier molecular flexibility index (Phi) is 4.72. The molecule has 4 heteroatoms. The maximum absolute atomic E-state index is 13.6. The van der Waals surface area contributed by atoms with Gasteiger partial charge in [-0.3, -0.25) is 4.79 Å². The highest BCUT2D eigenvalue weighted by Crippen LogP contribution is 2.29. The van der Waals surface area contributed by atoms with E-state index in [1.165, 1.54) is 12.1 Å². The molecule has 0 amide bonds. The third-order valence-electron chi connectivity index (χ3n) is 4.14. The summed E-state index contributed by atoms with van der Waals surface area (Å²) >= 11 is 0. The summed E-state index contributed by atoms with van der Waals surface area (Å²) in [7, 11) is 0. The fraction of sp³-hybridized carbons (Fsp3) is 0.316. The van der Waals surface area contributed by atoms with Crippen LogP contribution in [-0.2, 0) is 6.42 Å². The molecule has 2 aromatic rings. The Balaban J connectivity index is 1.64. The van der Waals surface area contributed by atoms with E-state index in [9.17, 15) is 14.3 Å². The Bertz CT molecular complexity index is 712. The average Bonchev–Trinajstić information content (AvgIpc) is 2.59. The van der Waals surface area contributed by atoms with Crippen molar-refractivity contribution in [2.24, 2.45) is 0 Å². The van der Waals surface area contributed by atoms with Crippen molar-refractivity contribution in [2.75, 3.05) is 6.61 Å². The zero-order chi connectivity index (χ0) is 16.2. The molecule has 0 spiro atoms. The number of Topliss-reactive ketones (excluding diaryl/α,β-unsaturated/α-hetero) is 1. The zero-order valence-corrected chi connectivity index (χ0v) is 12.8. The van der Waals surface area contributed by atoms with E-state index >= 15 is 0 Å². The van der Waals surface area contributed by atoms with Crippen molar-refractivity contribution >= 4 is 5.78 Å². The van der Waals surface area contributed by atoms with Gasteiger partial charge in [-0.15, -0.1) is 0 Å². The number of ether oxygens (including phenoxy) is 1. The lowest BCUT2D eigenvalue weighted by molar-refractivity contribution is 0.0936. The summed E-state index contributed by atoms with van der Waals surface area (Å²) in [6, 6.07) is 11.6. The lowest BCUT2D eigenvalue weighted by atomic mass is 9.97. The summed E-state index contributed by atoms with van der Waals surface area (Å²) < 4.78 is 19.1. The molecule has 1 atom stereocenters. The van der Waals surface area contributed by atoms with Gasteiger partial charge in [0.2, 0.25) is 0 Å². The second-order valence-electron chi connectivity index (χ2n) is 5.78. The van der Waals surface area contributed by atoms with Gasteiger partial charge in [-0.25, -0.2) is 4.39 Å². The van der Waals surface area contributed by atoms with Crippen LogP contribution in [0.15, 0.2) is 42.5 Å². The van der Waals surface area contributed by atoms with Crippen molar-refractivity contribution in [3.8, 4) is 5.75 Å². The van der Waals surface area contributed by atoms with Gasteiger partial charge in [0, 0.05) is 6.42 Å². The van der Waals surface area contributed by atoms with Crippen molar-refractivity contribution < 1.29 is 19.0 Å². The minimum atomic E-state index is -0.738. The third kappa shape index (κ3) is 3.59. The number of hydrogen-bond acceptors (Lipinski definition) is 3. The Morgan fingerprint density at radius 3 is 2.91 bits per heavy atom. The van der Waals surface area contributed by atoms with Crippen molar-refractivity contribution in [3.05, 3.63) is 65.0 Å². The summed E-state index contributed by atoms with van der Waals surface area (Å²) in [5, 5.41) is 10.3. The molecule has 23 heavy (non-hydrogen) atoms. The number of halogens is 1. The van der Waals surface area contributed by atoms with Gasteiger partial charge in [0.1, 0.15) is 11.6 Å². The minimum Gasteiger partial charge on any atom is -0.493 e. The molecule has 0 aliphatic carbocycles. The SMILES string of the molecule is O=C(CCC(O)c1ccc2c(c1)CCCO2)c1ccccc1F. The summed E-state index contributed by atoms with van der Waals surface area (Å²) in [6.07, 6.45) is 1.54. The van der Waals surface area contributed by atoms with Crippen molar-refractivity contribution in [1.82, 2.24) is 0 Å². The van der Waals surface area contributed by atoms with Crippen LogP contribution >= 0.6 is 0 Å². The van der Waals surface area contributed by atoms with Gasteiger partial charge >= 0.3 is 0 Å². The highest BCUT2D eigenvalue weighted by Gasteiger charge is 2.17. The first-order chi connectivity index (χ1) is 11.1. The molecular weight excluding hydrogens is 295 g/mol. The molecule has 120 valence electrons. The topological polar surface area (TPSA) is 46.5 Å². The maximum atomic E-state index is 13.6. The standard InChI is InChI=1S/C19H19FO3/c20-16-6-2-1-5-15(16)18(22)9-8-17(21)13-7-10-19-14(12-13)4-3-11-23-19/h1-2,5-7,10,12,17,21H,3-4,8-9,11H2. The van der Waals surface area contributed by atoms with Gasteiger partial charge in [0.25, 0.3) is 0 Å². The number of carbonyl (C=O) groups excluding carboxylic acids is 1. The van der Waals surface area contributed by atoms with Crippen LogP contribution in [0, 0.1) is 5.82 Å². The maximum Gasteiger partial charge on any atom is 0.165 e. The normalized spacial score (nSPS) is 14.7. The third-order valence-corrected chi connectivity index (χ3v) is 4.14. The summed E-state index contributed by atoms with van der Waals surface area (Å²) in [4.78, 5) is 12.1. The molecule has 1 aliphatic rings. The second kappa shape index (κ2) is 6.92. The van der Waals surface area contributed by atoms with E-state index in [-0.39, 0.29) is 24.2 Å². The Labute approximate surface area is 134 Å². The van der Waals surface area contributed by atoms with E-state index < -0.39 is 11.9 Å². The fourth-order valence-corrected chi connectivity index (χ4v) is 2.84. The lowest BCUT2D eigenvalue weighted by Crippen LogP contribution is -2.10. The van der Waals surface area contributed by atoms with Crippen LogP contribution in [-0.4, -0.2) is 17.5 Å². The number of aliphatic hydroxyl groups excluding tert-OH is 1. The van der Waals surface area contributed by atoms with E-state index in [1.54, 1.807) is 12.1 Å². The molecule has 0 saturated carbocycles. The average molecular weight is 314 g/mol. The molecule has 2 aromatic carbocycles. The van der Waals surface area contributed by atoms with Crippen LogP contribution in [0.5, 0.6) is 5.75 Å². The molecule has 1 N–H and O–H groups in total. The molecule has 0 radical (unpaired) electrons. The van der Waals surface area contributed by atoms with Crippen LogP contribution in [0.3, 0.4) is 0 Å². The molecule has 1 aliphatic heterocycles. The van der Waals surface area contributed by atoms with Crippen LogP contribution in [0.2, 0.25) is 0 Å². The van der Waals surface area contributed by atoms with Gasteiger partial charge < -0.3 is 9.84 Å².